The summed E-state index contributed by atoms with van der Waals surface area (Å²) in [6.45, 7) is 3.57. The van der Waals surface area contributed by atoms with Gasteiger partial charge in [-0.3, -0.25) is 4.79 Å². The lowest BCUT2D eigenvalue weighted by molar-refractivity contribution is -0.130. The Morgan fingerprint density at radius 3 is 2.88 bits per heavy atom. The summed E-state index contributed by atoms with van der Waals surface area (Å²) in [4.78, 5) is 18.1. The zero-order chi connectivity index (χ0) is 12.3. The van der Waals surface area contributed by atoms with Gasteiger partial charge in [0, 0.05) is 19.3 Å². The van der Waals surface area contributed by atoms with E-state index in [0.717, 1.165) is 25.9 Å². The van der Waals surface area contributed by atoms with Crippen LogP contribution >= 0.6 is 0 Å². The maximum absolute atomic E-state index is 12.1. The fourth-order valence-corrected chi connectivity index (χ4v) is 2.02. The number of hydrogen-bond donors (Lipinski definition) is 2. The second-order valence-corrected chi connectivity index (χ2v) is 4.34. The van der Waals surface area contributed by atoms with Crippen molar-refractivity contribution in [1.82, 2.24) is 9.88 Å². The normalized spacial score (nSPS) is 16.9. The monoisotopic (exact) mass is 234 g/mol. The molecule has 0 spiro atoms. The van der Waals surface area contributed by atoms with E-state index in [9.17, 15) is 4.79 Å². The maximum Gasteiger partial charge on any atom is 0.244 e. The zero-order valence-electron chi connectivity index (χ0n) is 10.0. The van der Waals surface area contributed by atoms with Gasteiger partial charge in [-0.25, -0.2) is 4.98 Å². The van der Waals surface area contributed by atoms with E-state index in [1.165, 1.54) is 0 Å². The molecule has 2 heterocycles. The second-order valence-electron chi connectivity index (χ2n) is 4.34. The van der Waals surface area contributed by atoms with Gasteiger partial charge in [0.05, 0.1) is 5.69 Å². The van der Waals surface area contributed by atoms with Crippen LogP contribution in [0.2, 0.25) is 0 Å². The van der Waals surface area contributed by atoms with Gasteiger partial charge < -0.3 is 16.0 Å². The highest BCUT2D eigenvalue weighted by Gasteiger charge is 2.23. The quantitative estimate of drug-likeness (QED) is 0.821. The van der Waals surface area contributed by atoms with Crippen molar-refractivity contribution in [3.8, 4) is 0 Å². The molecule has 1 aromatic rings. The van der Waals surface area contributed by atoms with Gasteiger partial charge in [-0.2, -0.15) is 0 Å². The molecule has 1 aliphatic heterocycles. The molecule has 0 saturated carbocycles. The molecule has 17 heavy (non-hydrogen) atoms. The van der Waals surface area contributed by atoms with Crippen molar-refractivity contribution in [2.24, 2.45) is 0 Å². The van der Waals surface area contributed by atoms with Crippen LogP contribution in [-0.4, -0.2) is 34.9 Å². The molecule has 1 saturated heterocycles. The Hall–Kier alpha value is -1.78. The molecule has 1 aromatic heterocycles. The lowest BCUT2D eigenvalue weighted by Gasteiger charge is -2.21. The number of nitrogen functional groups attached to an aromatic ring is 1. The Labute approximate surface area is 101 Å². The van der Waals surface area contributed by atoms with Crippen molar-refractivity contribution in [3.63, 3.8) is 0 Å². The summed E-state index contributed by atoms with van der Waals surface area (Å²) in [6.07, 6.45) is 3.86. The highest BCUT2D eigenvalue weighted by atomic mass is 16.2. The van der Waals surface area contributed by atoms with E-state index in [1.807, 2.05) is 11.8 Å². The zero-order valence-corrected chi connectivity index (χ0v) is 10.0. The van der Waals surface area contributed by atoms with Crippen molar-refractivity contribution in [3.05, 3.63) is 18.3 Å². The van der Waals surface area contributed by atoms with E-state index < -0.39 is 0 Å². The molecule has 1 fully saturated rings. The van der Waals surface area contributed by atoms with E-state index in [0.29, 0.717) is 11.5 Å². The third-order valence-corrected chi connectivity index (χ3v) is 2.98. The second kappa shape index (κ2) is 5.03. The molecule has 0 bridgehead atoms. The molecule has 1 amide bonds. The molecule has 3 N–H and O–H groups in total. The van der Waals surface area contributed by atoms with Crippen LogP contribution in [0.3, 0.4) is 0 Å². The molecule has 5 nitrogen and oxygen atoms in total. The summed E-state index contributed by atoms with van der Waals surface area (Å²) in [5.41, 5.74) is 6.34. The van der Waals surface area contributed by atoms with Gasteiger partial charge in [0.25, 0.3) is 0 Å². The van der Waals surface area contributed by atoms with E-state index in [-0.39, 0.29) is 11.9 Å². The predicted molar refractivity (Wildman–Crippen MR) is 67.5 cm³/mol. The number of nitrogens with two attached hydrogens (primary N) is 1. The standard InChI is InChI=1S/C12H18N4O/c1-9(12(17)16-7-2-3-8-16)15-11-10(13)5-4-6-14-11/h4-6,9H,2-3,7-8,13H2,1H3,(H,14,15). The lowest BCUT2D eigenvalue weighted by Crippen LogP contribution is -2.39. The topological polar surface area (TPSA) is 71.2 Å². The van der Waals surface area contributed by atoms with Crippen LogP contribution in [0.25, 0.3) is 0 Å². The van der Waals surface area contributed by atoms with Crippen molar-refractivity contribution < 1.29 is 4.79 Å². The Balaban J connectivity index is 1.99. The first-order valence-corrected chi connectivity index (χ1v) is 5.94. The maximum atomic E-state index is 12.1. The highest BCUT2D eigenvalue weighted by Crippen LogP contribution is 2.16. The number of amides is 1. The average Bonchev–Trinajstić information content (AvgIpc) is 2.84. The first-order chi connectivity index (χ1) is 8.18. The molecular formula is C12H18N4O. The summed E-state index contributed by atoms with van der Waals surface area (Å²) in [6, 6.07) is 3.25. The van der Waals surface area contributed by atoms with Crippen molar-refractivity contribution in [2.45, 2.75) is 25.8 Å². The molecule has 2 rings (SSSR count). The minimum absolute atomic E-state index is 0.118. The molecule has 5 heteroatoms. The summed E-state index contributed by atoms with van der Waals surface area (Å²) in [5, 5.41) is 3.06. The molecular weight excluding hydrogens is 216 g/mol. The van der Waals surface area contributed by atoms with Gasteiger partial charge in [0.1, 0.15) is 11.9 Å². The van der Waals surface area contributed by atoms with Crippen LogP contribution in [0.4, 0.5) is 11.5 Å². The Kier molecular flexibility index (Phi) is 3.46. The lowest BCUT2D eigenvalue weighted by atomic mass is 10.2. The number of anilines is 2. The first-order valence-electron chi connectivity index (χ1n) is 5.94. The van der Waals surface area contributed by atoms with Crippen molar-refractivity contribution >= 4 is 17.4 Å². The van der Waals surface area contributed by atoms with Crippen molar-refractivity contribution in [2.75, 3.05) is 24.1 Å². The van der Waals surface area contributed by atoms with Gasteiger partial charge in [-0.05, 0) is 31.9 Å². The average molecular weight is 234 g/mol. The van der Waals surface area contributed by atoms with Crippen LogP contribution in [0, 0.1) is 0 Å². The highest BCUT2D eigenvalue weighted by molar-refractivity contribution is 5.85. The number of pyridine rings is 1. The van der Waals surface area contributed by atoms with Crippen LogP contribution in [-0.2, 0) is 4.79 Å². The largest absolute Gasteiger partial charge is 0.396 e. The number of carbonyl (C=O) groups excluding carboxylic acids is 1. The Morgan fingerprint density at radius 1 is 1.53 bits per heavy atom. The minimum Gasteiger partial charge on any atom is -0.396 e. The summed E-state index contributed by atoms with van der Waals surface area (Å²) >= 11 is 0. The SMILES string of the molecule is CC(Nc1ncccc1N)C(=O)N1CCCC1. The molecule has 0 aromatic carbocycles. The van der Waals surface area contributed by atoms with E-state index in [2.05, 4.69) is 10.3 Å². The number of rotatable bonds is 3. The van der Waals surface area contributed by atoms with Crippen LogP contribution in [0.1, 0.15) is 19.8 Å². The Bertz CT molecular complexity index is 401. The minimum atomic E-state index is -0.287. The van der Waals surface area contributed by atoms with Crippen LogP contribution in [0.5, 0.6) is 0 Å². The number of carbonyl (C=O) groups is 1. The fourth-order valence-electron chi connectivity index (χ4n) is 2.02. The number of likely N-dealkylation sites (tertiary alicyclic amines) is 1. The fraction of sp³-hybridized carbons (Fsp3) is 0.500. The number of nitrogens with zero attached hydrogens (tertiary/aromatic N) is 2. The molecule has 1 unspecified atom stereocenters. The number of nitrogens with one attached hydrogen (secondary N) is 1. The van der Waals surface area contributed by atoms with E-state index in [4.69, 9.17) is 5.73 Å². The van der Waals surface area contributed by atoms with E-state index >= 15 is 0 Å². The van der Waals surface area contributed by atoms with Gasteiger partial charge in [0.2, 0.25) is 5.91 Å². The van der Waals surface area contributed by atoms with Crippen molar-refractivity contribution in [1.29, 1.82) is 0 Å². The predicted octanol–water partition coefficient (Wildman–Crippen LogP) is 1.09. The number of hydrogen-bond acceptors (Lipinski definition) is 4. The third kappa shape index (κ3) is 2.67. The molecule has 1 aliphatic rings. The van der Waals surface area contributed by atoms with Gasteiger partial charge >= 0.3 is 0 Å². The summed E-state index contributed by atoms with van der Waals surface area (Å²) in [7, 11) is 0. The van der Waals surface area contributed by atoms with Crippen LogP contribution < -0.4 is 11.1 Å². The van der Waals surface area contributed by atoms with Gasteiger partial charge in [-0.1, -0.05) is 0 Å². The molecule has 0 radical (unpaired) electrons. The summed E-state index contributed by atoms with van der Waals surface area (Å²) in [5.74, 6) is 0.695. The summed E-state index contributed by atoms with van der Waals surface area (Å²) < 4.78 is 0. The van der Waals surface area contributed by atoms with Gasteiger partial charge in [-0.15, -0.1) is 0 Å². The molecule has 1 atom stereocenters. The molecule has 92 valence electrons. The third-order valence-electron chi connectivity index (χ3n) is 2.98. The first kappa shape index (κ1) is 11.7. The number of aromatic nitrogens is 1. The van der Waals surface area contributed by atoms with E-state index in [1.54, 1.807) is 18.3 Å². The van der Waals surface area contributed by atoms with Crippen LogP contribution in [0.15, 0.2) is 18.3 Å². The molecule has 0 aliphatic carbocycles. The smallest absolute Gasteiger partial charge is 0.244 e. The van der Waals surface area contributed by atoms with Gasteiger partial charge in [0.15, 0.2) is 0 Å². The Morgan fingerprint density at radius 2 is 2.24 bits per heavy atom.